The molecule has 0 spiro atoms. The Morgan fingerprint density at radius 3 is 2.14 bits per heavy atom. The summed E-state index contributed by atoms with van der Waals surface area (Å²) in [5.41, 5.74) is 0.943. The van der Waals surface area contributed by atoms with Gasteiger partial charge in [-0.15, -0.1) is 0 Å². The summed E-state index contributed by atoms with van der Waals surface area (Å²) in [4.78, 5) is 12.6. The van der Waals surface area contributed by atoms with Gasteiger partial charge in [-0.2, -0.15) is 0 Å². The summed E-state index contributed by atoms with van der Waals surface area (Å²) < 4.78 is 5.20. The number of rotatable bonds is 12. The topological polar surface area (TPSA) is 26.3 Å². The molecule has 0 heterocycles. The van der Waals surface area contributed by atoms with Crippen LogP contribution in [-0.2, 0) is 9.53 Å². The molecule has 0 aromatic rings. The minimum absolute atomic E-state index is 0.0526. The lowest BCUT2D eigenvalue weighted by atomic mass is 9.92. The van der Waals surface area contributed by atoms with Gasteiger partial charge in [0.2, 0.25) is 0 Å². The SMILES string of the molecule is C=CC(=C)CC(CCCCCCCC)(C(=O)OC)[Si](C)(C)C. The molecule has 2 nitrogen and oxygen atoms in total. The Morgan fingerprint density at radius 2 is 1.68 bits per heavy atom. The molecule has 0 amide bonds. The van der Waals surface area contributed by atoms with Gasteiger partial charge in [-0.25, -0.2) is 0 Å². The number of hydrogen-bond donors (Lipinski definition) is 0. The largest absolute Gasteiger partial charge is 0.469 e. The second-order valence-corrected chi connectivity index (χ2v) is 12.8. The fourth-order valence-electron chi connectivity index (χ4n) is 3.07. The van der Waals surface area contributed by atoms with E-state index < -0.39 is 8.07 Å². The Hall–Kier alpha value is -0.833. The maximum Gasteiger partial charge on any atom is 0.309 e. The molecule has 1 unspecified atom stereocenters. The van der Waals surface area contributed by atoms with Crippen LogP contribution in [0.1, 0.15) is 58.3 Å². The summed E-state index contributed by atoms with van der Waals surface area (Å²) in [7, 11) is -0.249. The second kappa shape index (κ2) is 10.0. The fraction of sp³-hybridized carbons (Fsp3) is 0.737. The first-order valence-electron chi connectivity index (χ1n) is 8.63. The van der Waals surface area contributed by atoms with Crippen molar-refractivity contribution in [3.05, 3.63) is 24.8 Å². The molecule has 0 aliphatic carbocycles. The number of carbonyl (C=O) groups is 1. The summed E-state index contributed by atoms with van der Waals surface area (Å²) in [5.74, 6) is -0.0526. The molecule has 0 aromatic carbocycles. The average Bonchev–Trinajstić information content (AvgIpc) is 2.47. The first-order valence-corrected chi connectivity index (χ1v) is 12.1. The van der Waals surface area contributed by atoms with E-state index in [2.05, 4.69) is 39.7 Å². The molecule has 0 saturated carbocycles. The van der Waals surface area contributed by atoms with Crippen molar-refractivity contribution in [2.24, 2.45) is 0 Å². The third-order valence-electron chi connectivity index (χ3n) is 4.79. The van der Waals surface area contributed by atoms with Crippen LogP contribution in [0.2, 0.25) is 24.7 Å². The van der Waals surface area contributed by atoms with Crippen molar-refractivity contribution >= 4 is 14.0 Å². The Labute approximate surface area is 139 Å². The molecule has 128 valence electrons. The van der Waals surface area contributed by atoms with Gasteiger partial charge in [-0.3, -0.25) is 4.79 Å². The van der Waals surface area contributed by atoms with Crippen LogP contribution in [-0.4, -0.2) is 21.2 Å². The minimum Gasteiger partial charge on any atom is -0.469 e. The van der Waals surface area contributed by atoms with Crippen LogP contribution in [0.25, 0.3) is 0 Å². The first kappa shape index (κ1) is 21.2. The van der Waals surface area contributed by atoms with Gasteiger partial charge in [0.25, 0.3) is 0 Å². The number of methoxy groups -OCH3 is 1. The van der Waals surface area contributed by atoms with Crippen LogP contribution >= 0.6 is 0 Å². The average molecular weight is 325 g/mol. The highest BCUT2D eigenvalue weighted by Gasteiger charge is 2.49. The lowest BCUT2D eigenvalue weighted by Gasteiger charge is -2.41. The highest BCUT2D eigenvalue weighted by molar-refractivity contribution is 6.82. The van der Waals surface area contributed by atoms with Gasteiger partial charge >= 0.3 is 5.97 Å². The Kier molecular flexibility index (Phi) is 9.66. The van der Waals surface area contributed by atoms with Crippen LogP contribution < -0.4 is 0 Å². The Morgan fingerprint density at radius 1 is 1.14 bits per heavy atom. The van der Waals surface area contributed by atoms with E-state index in [1.165, 1.54) is 39.2 Å². The zero-order chi connectivity index (χ0) is 17.2. The predicted molar refractivity (Wildman–Crippen MR) is 100 cm³/mol. The van der Waals surface area contributed by atoms with E-state index in [0.29, 0.717) is 6.42 Å². The normalized spacial score (nSPS) is 14.2. The number of hydrogen-bond acceptors (Lipinski definition) is 2. The van der Waals surface area contributed by atoms with Gasteiger partial charge in [0.05, 0.1) is 20.2 Å². The molecule has 0 aromatic heterocycles. The molecule has 0 fully saturated rings. The van der Waals surface area contributed by atoms with Gasteiger partial charge in [-0.1, -0.05) is 89.9 Å². The van der Waals surface area contributed by atoms with Gasteiger partial charge in [0, 0.05) is 0 Å². The number of allylic oxidation sites excluding steroid dienone is 2. The zero-order valence-electron chi connectivity index (χ0n) is 15.5. The molecule has 3 heteroatoms. The summed E-state index contributed by atoms with van der Waals surface area (Å²) in [6.07, 6.45) is 10.8. The van der Waals surface area contributed by atoms with E-state index in [1.54, 1.807) is 6.08 Å². The molecule has 0 aliphatic rings. The molecule has 0 rings (SSSR count). The van der Waals surface area contributed by atoms with Gasteiger partial charge < -0.3 is 4.74 Å². The minimum atomic E-state index is -1.76. The van der Waals surface area contributed by atoms with E-state index in [0.717, 1.165) is 18.4 Å². The smallest absolute Gasteiger partial charge is 0.309 e. The zero-order valence-corrected chi connectivity index (χ0v) is 16.5. The third kappa shape index (κ3) is 6.11. The molecule has 0 aliphatic heterocycles. The highest BCUT2D eigenvalue weighted by atomic mass is 28.3. The maximum absolute atomic E-state index is 12.6. The predicted octanol–water partition coefficient (Wildman–Crippen LogP) is 6.12. The van der Waals surface area contributed by atoms with Crippen molar-refractivity contribution in [3.63, 3.8) is 0 Å². The number of ether oxygens (including phenoxy) is 1. The van der Waals surface area contributed by atoms with Crippen LogP contribution in [0.3, 0.4) is 0 Å². The molecular weight excluding hydrogens is 288 g/mol. The van der Waals surface area contributed by atoms with E-state index >= 15 is 0 Å². The molecule has 0 bridgehead atoms. The number of unbranched alkanes of at least 4 members (excludes halogenated alkanes) is 5. The molecule has 0 radical (unpaired) electrons. The van der Waals surface area contributed by atoms with Crippen LogP contribution in [0.5, 0.6) is 0 Å². The molecular formula is C19H36O2Si. The summed E-state index contributed by atoms with van der Waals surface area (Å²) >= 11 is 0. The van der Waals surface area contributed by atoms with E-state index in [-0.39, 0.29) is 11.0 Å². The quantitative estimate of drug-likeness (QED) is 0.187. The lowest BCUT2D eigenvalue weighted by Crippen LogP contribution is -2.46. The Bertz CT molecular complexity index is 368. The van der Waals surface area contributed by atoms with Gasteiger partial charge in [0.15, 0.2) is 0 Å². The van der Waals surface area contributed by atoms with Crippen LogP contribution in [0, 0.1) is 0 Å². The molecule has 22 heavy (non-hydrogen) atoms. The summed E-state index contributed by atoms with van der Waals surface area (Å²) in [6.45, 7) is 16.9. The van der Waals surface area contributed by atoms with Crippen molar-refractivity contribution < 1.29 is 9.53 Å². The van der Waals surface area contributed by atoms with E-state index in [4.69, 9.17) is 4.74 Å². The molecule has 1 atom stereocenters. The van der Waals surface area contributed by atoms with Crippen molar-refractivity contribution in [3.8, 4) is 0 Å². The van der Waals surface area contributed by atoms with Gasteiger partial charge in [-0.05, 0) is 12.8 Å². The van der Waals surface area contributed by atoms with Crippen molar-refractivity contribution in [2.75, 3.05) is 7.11 Å². The first-order chi connectivity index (χ1) is 10.2. The van der Waals surface area contributed by atoms with Crippen molar-refractivity contribution in [2.45, 2.75) is 83.0 Å². The number of carbonyl (C=O) groups excluding carboxylic acids is 1. The number of esters is 1. The molecule has 0 saturated heterocycles. The summed E-state index contributed by atoms with van der Waals surface area (Å²) in [5, 5.41) is -0.377. The summed E-state index contributed by atoms with van der Waals surface area (Å²) in [6, 6.07) is 0. The fourth-order valence-corrected chi connectivity index (χ4v) is 5.47. The standard InChI is InChI=1S/C19H36O2Si/c1-8-10-11-12-13-14-15-19(18(20)21-4,22(5,6)7)16-17(3)9-2/h9H,2-3,8,10-16H2,1,4-7H3. The monoisotopic (exact) mass is 324 g/mol. The third-order valence-corrected chi connectivity index (χ3v) is 8.29. The van der Waals surface area contributed by atoms with Gasteiger partial charge in [0.1, 0.15) is 0 Å². The second-order valence-electron chi connectivity index (χ2n) is 7.38. The Balaban J connectivity index is 5.00. The molecule has 0 N–H and O–H groups in total. The lowest BCUT2D eigenvalue weighted by molar-refractivity contribution is -0.145. The van der Waals surface area contributed by atoms with Crippen LogP contribution in [0.15, 0.2) is 24.8 Å². The van der Waals surface area contributed by atoms with E-state index in [9.17, 15) is 4.79 Å². The van der Waals surface area contributed by atoms with Crippen LogP contribution in [0.4, 0.5) is 0 Å². The highest BCUT2D eigenvalue weighted by Crippen LogP contribution is 2.49. The maximum atomic E-state index is 12.6. The van der Waals surface area contributed by atoms with E-state index in [1.807, 2.05) is 0 Å². The van der Waals surface area contributed by atoms with Crippen molar-refractivity contribution in [1.82, 2.24) is 0 Å². The van der Waals surface area contributed by atoms with Crippen molar-refractivity contribution in [1.29, 1.82) is 0 Å².